The summed E-state index contributed by atoms with van der Waals surface area (Å²) in [5.41, 5.74) is 6.70. The molecule has 1 aliphatic carbocycles. The molecule has 1 saturated carbocycles. The molecule has 23 heavy (non-hydrogen) atoms. The third-order valence-corrected chi connectivity index (χ3v) is 6.12. The van der Waals surface area contributed by atoms with Gasteiger partial charge in [-0.05, 0) is 38.6 Å². The molecule has 0 radical (unpaired) electrons. The number of rotatable bonds is 5. The summed E-state index contributed by atoms with van der Waals surface area (Å²) >= 11 is 1.72. The summed E-state index contributed by atoms with van der Waals surface area (Å²) in [6, 6.07) is 0.643. The molecule has 1 aromatic heterocycles. The van der Waals surface area contributed by atoms with Crippen LogP contribution in [0.3, 0.4) is 0 Å². The molecule has 0 bridgehead atoms. The summed E-state index contributed by atoms with van der Waals surface area (Å²) in [7, 11) is 2.20. The first-order chi connectivity index (χ1) is 11.1. The minimum atomic E-state index is 0.152. The fraction of sp³-hybridized carbons (Fsp3) is 0.647. The fourth-order valence-electron chi connectivity index (χ4n) is 3.81. The van der Waals surface area contributed by atoms with Crippen LogP contribution in [-0.2, 0) is 11.3 Å². The second kappa shape index (κ2) is 6.71. The fourth-order valence-corrected chi connectivity index (χ4v) is 4.49. The molecule has 1 amide bonds. The maximum atomic E-state index is 12.3. The van der Waals surface area contributed by atoms with Gasteiger partial charge in [-0.1, -0.05) is 6.08 Å². The predicted octanol–water partition coefficient (Wildman–Crippen LogP) is 1.86. The van der Waals surface area contributed by atoms with E-state index in [9.17, 15) is 4.79 Å². The topological polar surface area (TPSA) is 62.5 Å². The minimum absolute atomic E-state index is 0.152. The first kappa shape index (κ1) is 16.6. The van der Waals surface area contributed by atoms with Gasteiger partial charge in [-0.15, -0.1) is 11.3 Å². The highest BCUT2D eigenvalue weighted by Gasteiger charge is 2.56. The number of nitrogens with zero attached hydrogens (tertiary/aromatic N) is 3. The molecule has 1 saturated heterocycles. The van der Waals surface area contributed by atoms with Crippen LogP contribution < -0.4 is 5.73 Å². The molecule has 2 aliphatic rings. The van der Waals surface area contributed by atoms with Crippen LogP contribution >= 0.6 is 11.3 Å². The van der Waals surface area contributed by atoms with E-state index < -0.39 is 0 Å². The number of hydrogen-bond donors (Lipinski definition) is 1. The average molecular weight is 334 g/mol. The molecule has 1 unspecified atom stereocenters. The smallest absolute Gasteiger partial charge is 0.249 e. The summed E-state index contributed by atoms with van der Waals surface area (Å²) < 4.78 is 0. The molecule has 2 fully saturated rings. The Labute approximate surface area is 142 Å². The molecule has 1 spiro atoms. The third-order valence-electron chi connectivity index (χ3n) is 5.35. The first-order valence-corrected chi connectivity index (χ1v) is 9.18. The van der Waals surface area contributed by atoms with Crippen molar-refractivity contribution in [2.45, 2.75) is 38.8 Å². The first-order valence-electron chi connectivity index (χ1n) is 8.30. The normalized spacial score (nSPS) is 23.6. The van der Waals surface area contributed by atoms with Crippen LogP contribution in [0.15, 0.2) is 23.2 Å². The van der Waals surface area contributed by atoms with E-state index in [0.29, 0.717) is 18.0 Å². The number of likely N-dealkylation sites (tertiary alicyclic amines) is 1. The lowest BCUT2D eigenvalue weighted by Gasteiger charge is -2.34. The molecule has 126 valence electrons. The molecule has 3 rings (SSSR count). The van der Waals surface area contributed by atoms with Crippen molar-refractivity contribution in [3.63, 3.8) is 0 Å². The van der Waals surface area contributed by atoms with Gasteiger partial charge in [-0.3, -0.25) is 9.69 Å². The van der Waals surface area contributed by atoms with Crippen LogP contribution in [-0.4, -0.2) is 53.4 Å². The molecule has 5 nitrogen and oxygen atoms in total. The van der Waals surface area contributed by atoms with E-state index in [1.54, 1.807) is 11.3 Å². The SMILES string of the molecule is C/C(=C\CN)C(=O)N1CCC2(CC1)CC2N(C)Cc1nccs1. The number of nitrogens with two attached hydrogens (primary N) is 1. The quantitative estimate of drug-likeness (QED) is 0.835. The number of amides is 1. The number of piperidine rings is 1. The van der Waals surface area contributed by atoms with Gasteiger partial charge in [0.15, 0.2) is 0 Å². The van der Waals surface area contributed by atoms with E-state index in [-0.39, 0.29) is 5.91 Å². The molecule has 1 aliphatic heterocycles. The van der Waals surface area contributed by atoms with Crippen LogP contribution in [0.2, 0.25) is 0 Å². The van der Waals surface area contributed by atoms with Crippen LogP contribution in [0.4, 0.5) is 0 Å². The highest BCUT2D eigenvalue weighted by molar-refractivity contribution is 7.09. The molecule has 1 atom stereocenters. The van der Waals surface area contributed by atoms with Crippen molar-refractivity contribution in [3.05, 3.63) is 28.2 Å². The highest BCUT2D eigenvalue weighted by Crippen LogP contribution is 2.56. The maximum absolute atomic E-state index is 12.3. The second-order valence-electron chi connectivity index (χ2n) is 6.84. The highest BCUT2D eigenvalue weighted by atomic mass is 32.1. The molecule has 2 N–H and O–H groups in total. The summed E-state index contributed by atoms with van der Waals surface area (Å²) in [6.45, 7) is 4.97. The molecular weight excluding hydrogens is 308 g/mol. The van der Waals surface area contributed by atoms with Gasteiger partial charge in [0.05, 0.1) is 6.54 Å². The average Bonchev–Trinajstić information content (AvgIpc) is 3.00. The zero-order valence-electron chi connectivity index (χ0n) is 14.0. The van der Waals surface area contributed by atoms with Gasteiger partial charge >= 0.3 is 0 Å². The standard InChI is InChI=1S/C17H26N4OS/c1-13(3-6-18)16(22)21-8-4-17(5-9-21)11-14(17)20(2)12-15-19-7-10-23-15/h3,7,10,14H,4-6,8-9,11-12,18H2,1-2H3/b13-3+. The van der Waals surface area contributed by atoms with Gasteiger partial charge in [0, 0.05) is 42.8 Å². The van der Waals surface area contributed by atoms with Crippen LogP contribution in [0, 0.1) is 5.41 Å². The predicted molar refractivity (Wildman–Crippen MR) is 93.0 cm³/mol. The van der Waals surface area contributed by atoms with E-state index in [4.69, 9.17) is 5.73 Å². The van der Waals surface area contributed by atoms with Crippen molar-refractivity contribution >= 4 is 17.2 Å². The Hall–Kier alpha value is -1.24. The van der Waals surface area contributed by atoms with Crippen LogP contribution in [0.25, 0.3) is 0 Å². The zero-order chi connectivity index (χ0) is 16.4. The van der Waals surface area contributed by atoms with E-state index in [1.807, 2.05) is 29.5 Å². The lowest BCUT2D eigenvalue weighted by molar-refractivity contribution is -0.128. The van der Waals surface area contributed by atoms with Crippen LogP contribution in [0.5, 0.6) is 0 Å². The van der Waals surface area contributed by atoms with E-state index in [0.717, 1.165) is 38.0 Å². The largest absolute Gasteiger partial charge is 0.339 e. The van der Waals surface area contributed by atoms with Crippen molar-refractivity contribution in [1.29, 1.82) is 0 Å². The van der Waals surface area contributed by atoms with E-state index >= 15 is 0 Å². The lowest BCUT2D eigenvalue weighted by atomic mass is 9.92. The van der Waals surface area contributed by atoms with Gasteiger partial charge in [-0.25, -0.2) is 4.98 Å². The van der Waals surface area contributed by atoms with E-state index in [2.05, 4.69) is 16.9 Å². The van der Waals surface area contributed by atoms with Gasteiger partial charge in [-0.2, -0.15) is 0 Å². The monoisotopic (exact) mass is 334 g/mol. The van der Waals surface area contributed by atoms with Gasteiger partial charge in [0.1, 0.15) is 5.01 Å². The van der Waals surface area contributed by atoms with Crippen molar-refractivity contribution in [2.24, 2.45) is 11.1 Å². The van der Waals surface area contributed by atoms with Crippen molar-refractivity contribution in [2.75, 3.05) is 26.7 Å². The Balaban J connectivity index is 1.52. The Kier molecular flexibility index (Phi) is 4.85. The molecule has 2 heterocycles. The summed E-state index contributed by atoms with van der Waals surface area (Å²) in [5.74, 6) is 0.152. The second-order valence-corrected chi connectivity index (χ2v) is 7.82. The lowest BCUT2D eigenvalue weighted by Crippen LogP contribution is -2.41. The third kappa shape index (κ3) is 3.49. The number of carbonyl (C=O) groups excluding carboxylic acids is 1. The Morgan fingerprint density at radius 2 is 2.30 bits per heavy atom. The summed E-state index contributed by atoms with van der Waals surface area (Å²) in [6.07, 6.45) is 7.17. The van der Waals surface area contributed by atoms with Crippen molar-refractivity contribution in [3.8, 4) is 0 Å². The number of aromatic nitrogens is 1. The minimum Gasteiger partial charge on any atom is -0.339 e. The van der Waals surface area contributed by atoms with Gasteiger partial charge in [0.25, 0.3) is 0 Å². The van der Waals surface area contributed by atoms with E-state index in [1.165, 1.54) is 11.4 Å². The number of thiazole rings is 1. The molecule has 6 heteroatoms. The molecule has 1 aromatic rings. The summed E-state index contributed by atoms with van der Waals surface area (Å²) in [4.78, 5) is 21.1. The summed E-state index contributed by atoms with van der Waals surface area (Å²) in [5, 5.41) is 3.22. The van der Waals surface area contributed by atoms with Gasteiger partial charge in [0.2, 0.25) is 5.91 Å². The Morgan fingerprint density at radius 1 is 1.57 bits per heavy atom. The molecule has 0 aromatic carbocycles. The maximum Gasteiger partial charge on any atom is 0.249 e. The Morgan fingerprint density at radius 3 is 2.91 bits per heavy atom. The van der Waals surface area contributed by atoms with Gasteiger partial charge < -0.3 is 10.6 Å². The number of hydrogen-bond acceptors (Lipinski definition) is 5. The van der Waals surface area contributed by atoms with Crippen LogP contribution in [0.1, 0.15) is 31.2 Å². The molecular formula is C17H26N4OS. The Bertz CT molecular complexity index is 575. The van der Waals surface area contributed by atoms with Crippen molar-refractivity contribution in [1.82, 2.24) is 14.8 Å². The zero-order valence-corrected chi connectivity index (χ0v) is 14.8. The number of carbonyl (C=O) groups is 1. The van der Waals surface area contributed by atoms with Crippen molar-refractivity contribution < 1.29 is 4.79 Å².